The first kappa shape index (κ1) is 24.4. The highest BCUT2D eigenvalue weighted by atomic mass is 19.2. The maximum atomic E-state index is 14.6. The molecule has 0 fully saturated rings. The molecule has 0 unspecified atom stereocenters. The van der Waals surface area contributed by atoms with E-state index in [2.05, 4.69) is 0 Å². The number of hydrogen-bond acceptors (Lipinski definition) is 2. The summed E-state index contributed by atoms with van der Waals surface area (Å²) in [6.07, 6.45) is 0. The van der Waals surface area contributed by atoms with Crippen LogP contribution < -0.4 is 10.1 Å². The fourth-order valence-electron chi connectivity index (χ4n) is 3.48. The summed E-state index contributed by atoms with van der Waals surface area (Å²) >= 11 is 0. The fourth-order valence-corrected chi connectivity index (χ4v) is 3.48. The molecule has 0 aromatic heterocycles. The van der Waals surface area contributed by atoms with Crippen LogP contribution in [0, 0.1) is 58.2 Å². The first-order chi connectivity index (χ1) is 16.5. The Kier molecular flexibility index (Phi) is 6.13. The first-order valence-corrected chi connectivity index (χ1v) is 9.36. The van der Waals surface area contributed by atoms with Gasteiger partial charge in [0, 0.05) is 28.0 Å². The maximum Gasteiger partial charge on any atom is 0.563 e. The molecule has 0 bridgehead atoms. The van der Waals surface area contributed by atoms with Crippen LogP contribution in [-0.4, -0.2) is 12.1 Å². The van der Waals surface area contributed by atoms with E-state index in [0.717, 1.165) is 12.1 Å². The first-order valence-electron chi connectivity index (χ1n) is 9.36. The Morgan fingerprint density at radius 3 is 1.74 bits per heavy atom. The van der Waals surface area contributed by atoms with Crippen molar-refractivity contribution in [3.05, 3.63) is 94.6 Å². The molecule has 13 heteroatoms. The van der Waals surface area contributed by atoms with E-state index in [9.17, 15) is 48.9 Å². The van der Waals surface area contributed by atoms with Crippen LogP contribution in [0.3, 0.4) is 0 Å². The van der Waals surface area contributed by atoms with Gasteiger partial charge in [-0.15, -0.1) is 0 Å². The van der Waals surface area contributed by atoms with Crippen molar-refractivity contribution >= 4 is 23.4 Å². The molecule has 0 spiro atoms. The lowest BCUT2D eigenvalue weighted by molar-refractivity contribution is 0.407. The highest BCUT2D eigenvalue weighted by Gasteiger charge is 2.37. The lowest BCUT2D eigenvalue weighted by atomic mass is 9.75. The highest BCUT2D eigenvalue weighted by Crippen LogP contribution is 2.35. The number of rotatable bonds is 4. The SMILES string of the molecule is OB(Oc1ccccc1-c1cc(F)cc(F)c1F)c1c(F)c(F)c(F)c2c(F)c(F)c(F)c(F)c12. The van der Waals surface area contributed by atoms with Gasteiger partial charge < -0.3 is 9.68 Å². The zero-order chi connectivity index (χ0) is 25.8. The molecule has 4 aromatic carbocycles. The van der Waals surface area contributed by atoms with Crippen molar-refractivity contribution in [2.45, 2.75) is 0 Å². The van der Waals surface area contributed by atoms with E-state index in [0.29, 0.717) is 6.07 Å². The molecular formula is C22H7BF10O2. The van der Waals surface area contributed by atoms with Crippen LogP contribution in [0.5, 0.6) is 5.75 Å². The van der Waals surface area contributed by atoms with E-state index in [1.54, 1.807) is 0 Å². The molecular weight excluding hydrogens is 497 g/mol. The van der Waals surface area contributed by atoms with Gasteiger partial charge in [-0.2, -0.15) is 0 Å². The molecule has 0 radical (unpaired) electrons. The Bertz CT molecular complexity index is 1500. The van der Waals surface area contributed by atoms with Gasteiger partial charge in [-0.1, -0.05) is 18.2 Å². The van der Waals surface area contributed by atoms with E-state index >= 15 is 0 Å². The Hall–Kier alpha value is -3.74. The average molecular weight is 504 g/mol. The summed E-state index contributed by atoms with van der Waals surface area (Å²) in [5.41, 5.74) is -2.86. The third-order valence-corrected chi connectivity index (χ3v) is 5.03. The Balaban J connectivity index is 1.94. The predicted molar refractivity (Wildman–Crippen MR) is 104 cm³/mol. The van der Waals surface area contributed by atoms with Crippen molar-refractivity contribution in [3.63, 3.8) is 0 Å². The molecule has 180 valence electrons. The molecule has 0 amide bonds. The molecule has 1 N–H and O–H groups in total. The van der Waals surface area contributed by atoms with Gasteiger partial charge in [0.2, 0.25) is 0 Å². The second-order valence-corrected chi connectivity index (χ2v) is 7.08. The summed E-state index contributed by atoms with van der Waals surface area (Å²) in [6.45, 7) is 0. The van der Waals surface area contributed by atoms with Crippen molar-refractivity contribution < 1.29 is 53.6 Å². The van der Waals surface area contributed by atoms with Gasteiger partial charge >= 0.3 is 7.12 Å². The summed E-state index contributed by atoms with van der Waals surface area (Å²) in [4.78, 5) is 0. The molecule has 0 heterocycles. The van der Waals surface area contributed by atoms with Crippen LogP contribution in [-0.2, 0) is 0 Å². The largest absolute Gasteiger partial charge is 0.563 e. The van der Waals surface area contributed by atoms with Crippen molar-refractivity contribution in [3.8, 4) is 16.9 Å². The van der Waals surface area contributed by atoms with Gasteiger partial charge in [0.05, 0.1) is 5.39 Å². The van der Waals surface area contributed by atoms with Gasteiger partial charge in [-0.05, 0) is 12.1 Å². The highest BCUT2D eigenvalue weighted by molar-refractivity contribution is 6.64. The average Bonchev–Trinajstić information content (AvgIpc) is 2.82. The van der Waals surface area contributed by atoms with E-state index in [-0.39, 0.29) is 6.07 Å². The van der Waals surface area contributed by atoms with Crippen molar-refractivity contribution in [2.24, 2.45) is 0 Å². The van der Waals surface area contributed by atoms with Gasteiger partial charge in [0.1, 0.15) is 11.6 Å². The summed E-state index contributed by atoms with van der Waals surface area (Å²) in [6, 6.07) is 5.18. The summed E-state index contributed by atoms with van der Waals surface area (Å²) in [5, 5.41) is 6.82. The van der Waals surface area contributed by atoms with Crippen LogP contribution in [0.2, 0.25) is 0 Å². The standard InChI is InChI=1S/C22H7BF10O2/c24-7-5-9(15(26)10(25)6-7)8-3-1-2-4-11(8)35-23(34)14-12-13(17(28)20(31)19(14)30)18(29)22(33)21(32)16(12)27/h1-6,34H. The second kappa shape index (κ2) is 8.80. The smallest absolute Gasteiger partial charge is 0.532 e. The minimum atomic E-state index is -2.87. The zero-order valence-corrected chi connectivity index (χ0v) is 16.7. The molecule has 4 aromatic rings. The van der Waals surface area contributed by atoms with Gasteiger partial charge in [0.15, 0.2) is 52.4 Å². The molecule has 35 heavy (non-hydrogen) atoms. The van der Waals surface area contributed by atoms with Crippen LogP contribution in [0.25, 0.3) is 21.9 Å². The maximum absolute atomic E-state index is 14.6. The fraction of sp³-hybridized carbons (Fsp3) is 0. The van der Waals surface area contributed by atoms with Gasteiger partial charge in [-0.3, -0.25) is 0 Å². The quantitative estimate of drug-likeness (QED) is 0.168. The number of para-hydroxylation sites is 1. The molecule has 0 aliphatic carbocycles. The molecule has 0 atom stereocenters. The molecule has 2 nitrogen and oxygen atoms in total. The van der Waals surface area contributed by atoms with E-state index in [4.69, 9.17) is 4.65 Å². The Labute approximate surface area is 189 Å². The van der Waals surface area contributed by atoms with Crippen molar-refractivity contribution in [1.82, 2.24) is 0 Å². The van der Waals surface area contributed by atoms with Crippen molar-refractivity contribution in [2.75, 3.05) is 0 Å². The van der Waals surface area contributed by atoms with Crippen LogP contribution in [0.1, 0.15) is 0 Å². The normalized spacial score (nSPS) is 11.3. The number of fused-ring (bicyclic) bond motifs is 1. The molecule has 0 saturated carbocycles. The van der Waals surface area contributed by atoms with E-state index < -0.39 is 98.4 Å². The molecule has 0 aliphatic rings. The Morgan fingerprint density at radius 1 is 0.571 bits per heavy atom. The van der Waals surface area contributed by atoms with E-state index in [1.165, 1.54) is 12.1 Å². The number of hydrogen-bond donors (Lipinski definition) is 1. The minimum Gasteiger partial charge on any atom is -0.532 e. The van der Waals surface area contributed by atoms with Crippen LogP contribution >= 0.6 is 0 Å². The van der Waals surface area contributed by atoms with Crippen molar-refractivity contribution in [1.29, 1.82) is 0 Å². The minimum absolute atomic E-state index is 0.227. The topological polar surface area (TPSA) is 29.5 Å². The molecule has 4 rings (SSSR count). The van der Waals surface area contributed by atoms with Gasteiger partial charge in [-0.25, -0.2) is 43.9 Å². The van der Waals surface area contributed by atoms with Crippen LogP contribution in [0.4, 0.5) is 43.9 Å². The third kappa shape index (κ3) is 3.85. The summed E-state index contributed by atoms with van der Waals surface area (Å²) in [5.74, 6) is -22.1. The lowest BCUT2D eigenvalue weighted by Crippen LogP contribution is -2.41. The summed E-state index contributed by atoms with van der Waals surface area (Å²) < 4.78 is 145. The monoisotopic (exact) mass is 504 g/mol. The van der Waals surface area contributed by atoms with Crippen LogP contribution in [0.15, 0.2) is 36.4 Å². The second-order valence-electron chi connectivity index (χ2n) is 7.08. The zero-order valence-electron chi connectivity index (χ0n) is 16.7. The Morgan fingerprint density at radius 2 is 1.11 bits per heavy atom. The van der Waals surface area contributed by atoms with E-state index in [1.807, 2.05) is 0 Å². The van der Waals surface area contributed by atoms with Gasteiger partial charge in [0.25, 0.3) is 0 Å². The lowest BCUT2D eigenvalue weighted by Gasteiger charge is -2.18. The predicted octanol–water partition coefficient (Wildman–Crippen LogP) is 5.66. The third-order valence-electron chi connectivity index (χ3n) is 5.03. The molecule has 0 aliphatic heterocycles. The molecule has 0 saturated heterocycles. The summed E-state index contributed by atoms with van der Waals surface area (Å²) in [7, 11) is -2.87. The number of benzene rings is 4. The number of halogens is 10.